The summed E-state index contributed by atoms with van der Waals surface area (Å²) >= 11 is 15.6. The number of hydrogen-bond acceptors (Lipinski definition) is 3. The van der Waals surface area contributed by atoms with Crippen molar-refractivity contribution < 1.29 is 14.3 Å². The lowest BCUT2D eigenvalue weighted by Gasteiger charge is -2.31. The van der Waals surface area contributed by atoms with Crippen LogP contribution >= 0.6 is 39.1 Å². The van der Waals surface area contributed by atoms with Gasteiger partial charge in [-0.05, 0) is 47.9 Å². The van der Waals surface area contributed by atoms with E-state index in [1.54, 1.807) is 23.1 Å². The third-order valence-corrected chi connectivity index (χ3v) is 6.39. The minimum Gasteiger partial charge on any atom is -0.482 e. The molecule has 184 valence electrons. The van der Waals surface area contributed by atoms with Gasteiger partial charge < -0.3 is 15.0 Å². The molecule has 5 nitrogen and oxygen atoms in total. The fraction of sp³-hybridized carbons (Fsp3) is 0.259. The molecule has 0 bridgehead atoms. The minimum atomic E-state index is -0.718. The van der Waals surface area contributed by atoms with Crippen LogP contribution in [0.5, 0.6) is 5.75 Å². The average Bonchev–Trinajstić information content (AvgIpc) is 2.85. The van der Waals surface area contributed by atoms with Crippen LogP contribution in [0.4, 0.5) is 0 Å². The molecule has 0 fully saturated rings. The van der Waals surface area contributed by atoms with E-state index in [4.69, 9.17) is 27.9 Å². The first-order chi connectivity index (χ1) is 16.9. The van der Waals surface area contributed by atoms with Gasteiger partial charge in [-0.1, -0.05) is 88.5 Å². The van der Waals surface area contributed by atoms with Crippen LogP contribution in [0.2, 0.25) is 10.0 Å². The second-order valence-corrected chi connectivity index (χ2v) is 9.77. The van der Waals surface area contributed by atoms with Gasteiger partial charge in [0, 0.05) is 29.0 Å². The van der Waals surface area contributed by atoms with Crippen LogP contribution in [0.1, 0.15) is 24.5 Å². The van der Waals surface area contributed by atoms with Crippen molar-refractivity contribution in [3.8, 4) is 5.75 Å². The Morgan fingerprint density at radius 2 is 1.71 bits per heavy atom. The van der Waals surface area contributed by atoms with E-state index in [0.29, 0.717) is 28.8 Å². The molecule has 0 aliphatic carbocycles. The molecule has 35 heavy (non-hydrogen) atoms. The highest BCUT2D eigenvalue weighted by atomic mass is 79.9. The second-order valence-electron chi connectivity index (χ2n) is 8.01. The molecule has 1 N–H and O–H groups in total. The smallest absolute Gasteiger partial charge is 0.261 e. The Morgan fingerprint density at radius 1 is 1.00 bits per heavy atom. The maximum absolute atomic E-state index is 13.5. The third-order valence-electron chi connectivity index (χ3n) is 5.33. The highest BCUT2D eigenvalue weighted by Gasteiger charge is 2.30. The lowest BCUT2D eigenvalue weighted by atomic mass is 10.0. The first-order valence-corrected chi connectivity index (χ1v) is 12.9. The highest BCUT2D eigenvalue weighted by molar-refractivity contribution is 9.10. The molecule has 0 aromatic heterocycles. The normalized spacial score (nSPS) is 11.5. The summed E-state index contributed by atoms with van der Waals surface area (Å²) in [7, 11) is 0. The molecule has 0 heterocycles. The zero-order valence-corrected chi connectivity index (χ0v) is 22.4. The Labute approximate surface area is 224 Å². The molecule has 0 aliphatic rings. The van der Waals surface area contributed by atoms with Crippen molar-refractivity contribution in [2.75, 3.05) is 13.2 Å². The van der Waals surface area contributed by atoms with E-state index in [9.17, 15) is 9.59 Å². The summed E-state index contributed by atoms with van der Waals surface area (Å²) in [6.07, 6.45) is 1.17. The molecule has 0 saturated carbocycles. The summed E-state index contributed by atoms with van der Waals surface area (Å²) in [5.41, 5.74) is 1.85. The van der Waals surface area contributed by atoms with Crippen LogP contribution in [-0.2, 0) is 22.6 Å². The molecule has 0 aliphatic heterocycles. The van der Waals surface area contributed by atoms with E-state index in [1.807, 2.05) is 61.5 Å². The van der Waals surface area contributed by atoms with E-state index in [1.165, 1.54) is 0 Å². The molecule has 3 rings (SSSR count). The molecule has 0 saturated heterocycles. The number of hydrogen-bond donors (Lipinski definition) is 1. The van der Waals surface area contributed by atoms with Gasteiger partial charge in [-0.2, -0.15) is 0 Å². The number of carbonyl (C=O) groups excluding carboxylic acids is 2. The monoisotopic (exact) mass is 576 g/mol. The number of benzene rings is 3. The van der Waals surface area contributed by atoms with E-state index in [0.717, 1.165) is 22.0 Å². The maximum atomic E-state index is 13.5. The van der Waals surface area contributed by atoms with Crippen molar-refractivity contribution in [2.45, 2.75) is 32.4 Å². The lowest BCUT2D eigenvalue weighted by molar-refractivity contribution is -0.142. The summed E-state index contributed by atoms with van der Waals surface area (Å²) in [5.74, 6) is -0.180. The largest absolute Gasteiger partial charge is 0.482 e. The fourth-order valence-corrected chi connectivity index (χ4v) is 4.25. The van der Waals surface area contributed by atoms with Crippen molar-refractivity contribution in [1.29, 1.82) is 0 Å². The lowest BCUT2D eigenvalue weighted by Crippen LogP contribution is -2.51. The first kappa shape index (κ1) is 27.1. The zero-order valence-electron chi connectivity index (χ0n) is 19.3. The molecule has 1 unspecified atom stereocenters. The fourth-order valence-electron chi connectivity index (χ4n) is 3.52. The second kappa shape index (κ2) is 13.5. The van der Waals surface area contributed by atoms with E-state index < -0.39 is 6.04 Å². The summed E-state index contributed by atoms with van der Waals surface area (Å²) in [4.78, 5) is 28.4. The number of rotatable bonds is 11. The van der Waals surface area contributed by atoms with Crippen molar-refractivity contribution in [3.63, 3.8) is 0 Å². The molecule has 2 amide bonds. The SMILES string of the molecule is CCCNC(=O)C(Cc1ccccc1)N(Cc1ccc(Br)cc1)C(=O)COc1ccc(Cl)cc1Cl. The molecule has 1 atom stereocenters. The van der Waals surface area contributed by atoms with Gasteiger partial charge in [-0.15, -0.1) is 0 Å². The van der Waals surface area contributed by atoms with Crippen LogP contribution in [0.3, 0.4) is 0 Å². The van der Waals surface area contributed by atoms with Gasteiger partial charge in [-0.3, -0.25) is 9.59 Å². The molecule has 3 aromatic carbocycles. The van der Waals surface area contributed by atoms with Gasteiger partial charge in [0.05, 0.1) is 5.02 Å². The first-order valence-electron chi connectivity index (χ1n) is 11.3. The Hall–Kier alpha value is -2.54. The molecule has 8 heteroatoms. The van der Waals surface area contributed by atoms with Gasteiger partial charge in [0.1, 0.15) is 11.8 Å². The predicted molar refractivity (Wildman–Crippen MR) is 144 cm³/mol. The van der Waals surface area contributed by atoms with Crippen molar-refractivity contribution in [3.05, 3.63) is 98.4 Å². The average molecular weight is 578 g/mol. The van der Waals surface area contributed by atoms with Crippen molar-refractivity contribution >= 4 is 50.9 Å². The number of carbonyl (C=O) groups is 2. The molecular weight excluding hydrogens is 551 g/mol. The number of halogens is 3. The van der Waals surface area contributed by atoms with Gasteiger partial charge in [0.15, 0.2) is 6.61 Å². The zero-order chi connectivity index (χ0) is 25.2. The van der Waals surface area contributed by atoms with Gasteiger partial charge in [-0.25, -0.2) is 0 Å². The van der Waals surface area contributed by atoms with E-state index in [-0.39, 0.29) is 25.0 Å². The summed E-state index contributed by atoms with van der Waals surface area (Å²) in [6, 6.07) is 21.4. The highest BCUT2D eigenvalue weighted by Crippen LogP contribution is 2.27. The molecule has 3 aromatic rings. The molecule has 0 radical (unpaired) electrons. The third kappa shape index (κ3) is 8.27. The number of amides is 2. The minimum absolute atomic E-state index is 0.203. The Kier molecular flexibility index (Phi) is 10.5. The predicted octanol–water partition coefficient (Wildman–Crippen LogP) is 6.30. The van der Waals surface area contributed by atoms with E-state index >= 15 is 0 Å². The molecular formula is C27H27BrCl2N2O3. The Bertz CT molecular complexity index is 1130. The molecule has 0 spiro atoms. The van der Waals surface area contributed by atoms with Gasteiger partial charge >= 0.3 is 0 Å². The van der Waals surface area contributed by atoms with Crippen molar-refractivity contribution in [2.24, 2.45) is 0 Å². The van der Waals surface area contributed by atoms with Gasteiger partial charge in [0.25, 0.3) is 5.91 Å². The standard InChI is InChI=1S/C27H27BrCl2N2O3/c1-2-14-31-27(34)24(15-19-6-4-3-5-7-19)32(17-20-8-10-21(28)11-9-20)26(33)18-35-25-13-12-22(29)16-23(25)30/h3-13,16,24H,2,14-15,17-18H2,1H3,(H,31,34). The van der Waals surface area contributed by atoms with Crippen LogP contribution in [-0.4, -0.2) is 35.9 Å². The topological polar surface area (TPSA) is 58.6 Å². The van der Waals surface area contributed by atoms with Gasteiger partial charge in [0.2, 0.25) is 5.91 Å². The Balaban J connectivity index is 1.89. The maximum Gasteiger partial charge on any atom is 0.261 e. The Morgan fingerprint density at radius 3 is 2.37 bits per heavy atom. The quantitative estimate of drug-likeness (QED) is 0.291. The van der Waals surface area contributed by atoms with Crippen LogP contribution < -0.4 is 10.1 Å². The van der Waals surface area contributed by atoms with Crippen LogP contribution in [0.25, 0.3) is 0 Å². The van der Waals surface area contributed by atoms with Crippen LogP contribution in [0.15, 0.2) is 77.3 Å². The summed E-state index contributed by atoms with van der Waals surface area (Å²) in [6.45, 7) is 2.49. The summed E-state index contributed by atoms with van der Waals surface area (Å²) in [5, 5.41) is 3.74. The number of nitrogens with zero attached hydrogens (tertiary/aromatic N) is 1. The number of ether oxygens (including phenoxy) is 1. The van der Waals surface area contributed by atoms with E-state index in [2.05, 4.69) is 21.2 Å². The number of nitrogens with one attached hydrogen (secondary N) is 1. The summed E-state index contributed by atoms with van der Waals surface area (Å²) < 4.78 is 6.66. The van der Waals surface area contributed by atoms with Crippen molar-refractivity contribution in [1.82, 2.24) is 10.2 Å². The van der Waals surface area contributed by atoms with Crippen LogP contribution in [0, 0.1) is 0 Å².